The average Bonchev–Trinajstić information content (AvgIpc) is 3.90. The summed E-state index contributed by atoms with van der Waals surface area (Å²) < 4.78 is 37.5. The Balaban J connectivity index is 0.00000118. The number of hydrogen-bond acceptors (Lipinski definition) is 5. The van der Waals surface area contributed by atoms with Crippen molar-refractivity contribution in [1.29, 1.82) is 0 Å². The third-order valence-corrected chi connectivity index (χ3v) is 11.9. The quantitative estimate of drug-likeness (QED) is 0.147. The maximum absolute atomic E-state index is 16.5. The first kappa shape index (κ1) is 55.8. The molecule has 2 aromatic rings. The summed E-state index contributed by atoms with van der Waals surface area (Å²) in [6.07, 6.45) is 16.1. The van der Waals surface area contributed by atoms with Crippen LogP contribution in [0.15, 0.2) is 36.7 Å². The van der Waals surface area contributed by atoms with Crippen LogP contribution in [0.4, 0.5) is 8.78 Å². The Morgan fingerprint density at radius 1 is 0.797 bits per heavy atom. The van der Waals surface area contributed by atoms with Crippen LogP contribution < -0.4 is 5.73 Å². The second kappa shape index (κ2) is 29.2. The van der Waals surface area contributed by atoms with Gasteiger partial charge in [0.15, 0.2) is 0 Å². The second-order valence-electron chi connectivity index (χ2n) is 16.6. The number of rotatable bonds is 16. The summed E-state index contributed by atoms with van der Waals surface area (Å²) in [5.41, 5.74) is 12.8. The lowest BCUT2D eigenvalue weighted by molar-refractivity contribution is 0.153. The van der Waals surface area contributed by atoms with Crippen molar-refractivity contribution in [2.75, 3.05) is 13.2 Å². The molecule has 7 heteroatoms. The molecule has 1 aliphatic carbocycles. The van der Waals surface area contributed by atoms with Crippen molar-refractivity contribution in [3.05, 3.63) is 81.8 Å². The molecule has 2 aromatic carbocycles. The lowest BCUT2D eigenvalue weighted by atomic mass is 9.82. The van der Waals surface area contributed by atoms with Crippen LogP contribution in [0.2, 0.25) is 0 Å². The first-order valence-corrected chi connectivity index (χ1v) is 23.0. The molecule has 2 aliphatic rings. The van der Waals surface area contributed by atoms with Gasteiger partial charge in [-0.05, 0) is 132 Å². The standard InChI is InChI=1S/C31H42F2N2O.C9H16O.C5H12.C4H10.C3H8O/c1-9-22-13-14-23(10-2)35(22)21(8)28-19(6)31(33)29(24(11-3)25(28)16-36)30-26(32)15-12-17(4)27(30)18(5)20(7)34;1-4-9(5-6-9)7-10-8(2)3;1-3-5-4-2;1-3-4-2;1-2-3-4/h12,15,22-23,36H,8-11,13-14,16,34H2,1-7H3;2,4-7H2,1,3H3;3-5H2,1-2H3;3-4H2,1-2H3;4H,2-3H2,1H3/b20-18+;;;;. The van der Waals surface area contributed by atoms with E-state index in [0.717, 1.165) is 55.7 Å². The van der Waals surface area contributed by atoms with Crippen LogP contribution >= 0.6 is 0 Å². The van der Waals surface area contributed by atoms with Gasteiger partial charge in [0.1, 0.15) is 11.6 Å². The van der Waals surface area contributed by atoms with E-state index in [9.17, 15) is 5.11 Å². The van der Waals surface area contributed by atoms with Gasteiger partial charge < -0.3 is 25.6 Å². The van der Waals surface area contributed by atoms with Gasteiger partial charge in [-0.15, -0.1) is 0 Å². The average molecular weight is 827 g/mol. The molecule has 2 atom stereocenters. The van der Waals surface area contributed by atoms with Crippen molar-refractivity contribution in [1.82, 2.24) is 4.90 Å². The number of hydrogen-bond donors (Lipinski definition) is 3. The highest BCUT2D eigenvalue weighted by Crippen LogP contribution is 2.49. The number of aliphatic hydroxyl groups excluding tert-OH is 2. The molecule has 1 aliphatic heterocycles. The van der Waals surface area contributed by atoms with Gasteiger partial charge in [-0.1, -0.05) is 114 Å². The topological polar surface area (TPSA) is 79.0 Å². The van der Waals surface area contributed by atoms with Crippen LogP contribution in [0.25, 0.3) is 22.4 Å². The Morgan fingerprint density at radius 2 is 1.32 bits per heavy atom. The predicted molar refractivity (Wildman–Crippen MR) is 253 cm³/mol. The zero-order chi connectivity index (χ0) is 45.5. The number of benzene rings is 2. The lowest BCUT2D eigenvalue weighted by Crippen LogP contribution is -2.34. The molecule has 59 heavy (non-hydrogen) atoms. The third-order valence-electron chi connectivity index (χ3n) is 11.9. The highest BCUT2D eigenvalue weighted by atomic mass is 19.1. The number of ether oxygens (including phenoxy) is 1. The van der Waals surface area contributed by atoms with Crippen LogP contribution in [0, 0.1) is 30.9 Å². The fourth-order valence-corrected chi connectivity index (χ4v) is 7.52. The van der Waals surface area contributed by atoms with Gasteiger partial charge in [-0.3, -0.25) is 0 Å². The van der Waals surface area contributed by atoms with Crippen LogP contribution in [0.1, 0.15) is 200 Å². The normalized spacial score (nSPS) is 16.5. The summed E-state index contributed by atoms with van der Waals surface area (Å²) in [7, 11) is 0. The van der Waals surface area contributed by atoms with E-state index in [1.165, 1.54) is 57.4 Å². The van der Waals surface area contributed by atoms with E-state index in [-0.39, 0.29) is 17.7 Å². The first-order chi connectivity index (χ1) is 28.0. The van der Waals surface area contributed by atoms with Crippen molar-refractivity contribution in [3.63, 3.8) is 0 Å². The largest absolute Gasteiger partial charge is 0.498 e. The van der Waals surface area contributed by atoms with E-state index < -0.39 is 11.6 Å². The molecular weight excluding hydrogens is 739 g/mol. The number of aliphatic hydroxyl groups is 2. The molecule has 1 heterocycles. The third kappa shape index (κ3) is 16.3. The minimum Gasteiger partial charge on any atom is -0.498 e. The molecule has 1 saturated carbocycles. The summed E-state index contributed by atoms with van der Waals surface area (Å²) in [5, 5.41) is 18.5. The zero-order valence-corrected chi connectivity index (χ0v) is 40.3. The number of unbranched alkanes of at least 4 members (excludes halogenated alkanes) is 3. The number of aryl methyl sites for hydroxylation is 1. The molecule has 2 unspecified atom stereocenters. The molecule has 0 bridgehead atoms. The van der Waals surface area contributed by atoms with E-state index in [0.29, 0.717) is 69.6 Å². The summed E-state index contributed by atoms with van der Waals surface area (Å²) in [5.74, 6) is -0.121. The molecule has 4 rings (SSSR count). The van der Waals surface area contributed by atoms with Crippen molar-refractivity contribution >= 4 is 11.3 Å². The molecule has 0 spiro atoms. The van der Waals surface area contributed by atoms with Crippen LogP contribution in [-0.2, 0) is 17.8 Å². The molecule has 0 amide bonds. The minimum atomic E-state index is -0.503. The molecule has 338 valence electrons. The van der Waals surface area contributed by atoms with Gasteiger partial charge in [-0.25, -0.2) is 8.78 Å². The van der Waals surface area contributed by atoms with Gasteiger partial charge in [0, 0.05) is 52.2 Å². The summed E-state index contributed by atoms with van der Waals surface area (Å²) in [6.45, 7) is 37.4. The first-order valence-electron chi connectivity index (χ1n) is 23.0. The zero-order valence-electron chi connectivity index (χ0n) is 40.3. The highest BCUT2D eigenvalue weighted by Gasteiger charge is 2.41. The molecule has 4 N–H and O–H groups in total. The maximum atomic E-state index is 16.5. The van der Waals surface area contributed by atoms with Crippen LogP contribution in [-0.4, -0.2) is 40.4 Å². The SMILES string of the molecule is C=C(C)OCC1(CC)CC1.C=C(c1c(C)c(F)c(-c2c(F)ccc(C)c2/C(C)=C(\C)N)c(CC)c1CO)N1C(CC)CCC1CC.CCCC.CCCCC.CCCO. The van der Waals surface area contributed by atoms with E-state index in [4.69, 9.17) is 15.6 Å². The van der Waals surface area contributed by atoms with Crippen molar-refractivity contribution in [3.8, 4) is 11.1 Å². The Hall–Kier alpha value is -3.16. The second-order valence-corrected chi connectivity index (χ2v) is 16.6. The molecule has 0 aromatic heterocycles. The Labute approximate surface area is 361 Å². The van der Waals surface area contributed by atoms with E-state index in [1.807, 2.05) is 34.6 Å². The van der Waals surface area contributed by atoms with Crippen LogP contribution in [0.5, 0.6) is 0 Å². The number of halogens is 2. The van der Waals surface area contributed by atoms with Crippen LogP contribution in [0.3, 0.4) is 0 Å². The Bertz CT molecular complexity index is 1570. The summed E-state index contributed by atoms with van der Waals surface area (Å²) in [4.78, 5) is 2.34. The van der Waals surface area contributed by atoms with E-state index in [1.54, 1.807) is 19.9 Å². The molecule has 0 radical (unpaired) electrons. The fourth-order valence-electron chi connectivity index (χ4n) is 7.52. The number of nitrogens with two attached hydrogens (primary N) is 1. The van der Waals surface area contributed by atoms with E-state index in [2.05, 4.69) is 66.5 Å². The Kier molecular flexibility index (Phi) is 27.6. The summed E-state index contributed by atoms with van der Waals surface area (Å²) >= 11 is 0. The maximum Gasteiger partial charge on any atom is 0.135 e. The van der Waals surface area contributed by atoms with Gasteiger partial charge in [0.05, 0.1) is 19.0 Å². The van der Waals surface area contributed by atoms with Crippen molar-refractivity contribution in [2.45, 2.75) is 206 Å². The number of allylic oxidation sites excluding steroid dienone is 3. The highest BCUT2D eigenvalue weighted by molar-refractivity contribution is 5.87. The number of nitrogens with zero attached hydrogens (tertiary/aromatic N) is 1. The smallest absolute Gasteiger partial charge is 0.135 e. The van der Waals surface area contributed by atoms with Gasteiger partial charge in [-0.2, -0.15) is 0 Å². The van der Waals surface area contributed by atoms with Crippen molar-refractivity contribution in [2.24, 2.45) is 11.1 Å². The molecule has 1 saturated heterocycles. The molecule has 2 fully saturated rings. The Morgan fingerprint density at radius 3 is 1.66 bits per heavy atom. The molecule has 5 nitrogen and oxygen atoms in total. The predicted octanol–water partition coefficient (Wildman–Crippen LogP) is 14.8. The monoisotopic (exact) mass is 827 g/mol. The molecular formula is C52H88F2N2O3. The minimum absolute atomic E-state index is 0.209. The summed E-state index contributed by atoms with van der Waals surface area (Å²) in [6, 6.07) is 3.75. The van der Waals surface area contributed by atoms with Gasteiger partial charge >= 0.3 is 0 Å². The lowest BCUT2D eigenvalue weighted by Gasteiger charge is -2.36. The number of likely N-dealkylation sites (tertiary alicyclic amines) is 1. The van der Waals surface area contributed by atoms with Gasteiger partial charge in [0.25, 0.3) is 0 Å². The van der Waals surface area contributed by atoms with E-state index >= 15 is 8.78 Å². The van der Waals surface area contributed by atoms with Gasteiger partial charge in [0.2, 0.25) is 0 Å². The fraction of sp³-hybridized carbons (Fsp3) is 0.654. The van der Waals surface area contributed by atoms with Crippen molar-refractivity contribution < 1.29 is 23.7 Å².